The van der Waals surface area contributed by atoms with E-state index < -0.39 is 12.0 Å². The van der Waals surface area contributed by atoms with E-state index in [-0.39, 0.29) is 31.2 Å². The van der Waals surface area contributed by atoms with Crippen LogP contribution >= 0.6 is 0 Å². The van der Waals surface area contributed by atoms with Crippen LogP contribution in [0.25, 0.3) is 0 Å². The molecule has 0 aromatic heterocycles. The van der Waals surface area contributed by atoms with Gasteiger partial charge in [0.25, 0.3) is 5.91 Å². The van der Waals surface area contributed by atoms with E-state index in [1.165, 1.54) is 11.9 Å². The summed E-state index contributed by atoms with van der Waals surface area (Å²) < 4.78 is 0. The number of amides is 2. The van der Waals surface area contributed by atoms with Gasteiger partial charge in [0, 0.05) is 36.8 Å². The highest BCUT2D eigenvalue weighted by Gasteiger charge is 2.36. The molecule has 0 fully saturated rings. The van der Waals surface area contributed by atoms with E-state index in [1.54, 1.807) is 18.2 Å². The highest BCUT2D eigenvalue weighted by molar-refractivity contribution is 6.02. The van der Waals surface area contributed by atoms with Crippen molar-refractivity contribution in [3.63, 3.8) is 0 Å². The zero-order chi connectivity index (χ0) is 15.6. The first-order chi connectivity index (χ1) is 9.95. The van der Waals surface area contributed by atoms with Gasteiger partial charge >= 0.3 is 5.97 Å². The molecule has 0 aliphatic carbocycles. The van der Waals surface area contributed by atoms with Gasteiger partial charge in [-0.05, 0) is 18.6 Å². The fourth-order valence-electron chi connectivity index (χ4n) is 2.49. The molecule has 1 aliphatic heterocycles. The molecule has 0 saturated carbocycles. The maximum absolute atomic E-state index is 12.4. The third kappa shape index (κ3) is 2.81. The number of nitrogens with one attached hydrogen (secondary N) is 1. The molecule has 2 rings (SSSR count). The summed E-state index contributed by atoms with van der Waals surface area (Å²) in [6.07, 6.45) is -0.123. The normalized spacial score (nSPS) is 14.7. The third-order valence-corrected chi connectivity index (χ3v) is 3.59. The van der Waals surface area contributed by atoms with Gasteiger partial charge in [0.2, 0.25) is 5.91 Å². The molecule has 21 heavy (non-hydrogen) atoms. The minimum absolute atomic E-state index is 0.0641. The number of carboxylic acids is 1. The fourth-order valence-corrected chi connectivity index (χ4v) is 2.49. The van der Waals surface area contributed by atoms with Crippen LogP contribution in [0, 0.1) is 0 Å². The van der Waals surface area contributed by atoms with Crippen LogP contribution in [0.3, 0.4) is 0 Å². The predicted molar refractivity (Wildman–Crippen MR) is 75.5 cm³/mol. The molecule has 1 aromatic rings. The second-order valence-corrected chi connectivity index (χ2v) is 4.87. The van der Waals surface area contributed by atoms with Crippen LogP contribution in [0.4, 0.5) is 5.69 Å². The van der Waals surface area contributed by atoms with Crippen LogP contribution in [0.5, 0.6) is 0 Å². The number of aliphatic carboxylic acids is 1. The summed E-state index contributed by atoms with van der Waals surface area (Å²) in [4.78, 5) is 36.5. The van der Waals surface area contributed by atoms with E-state index in [9.17, 15) is 14.4 Å². The average molecular weight is 291 g/mol. The number of hydrogen-bond donors (Lipinski definition) is 3. The maximum Gasteiger partial charge on any atom is 0.303 e. The number of rotatable bonds is 5. The lowest BCUT2D eigenvalue weighted by atomic mass is 10.1. The van der Waals surface area contributed by atoms with Gasteiger partial charge in [0.05, 0.1) is 0 Å². The number of carbonyl (C=O) groups is 3. The number of benzene rings is 1. The molecule has 112 valence electrons. The predicted octanol–water partition coefficient (Wildman–Crippen LogP) is 0.204. The van der Waals surface area contributed by atoms with E-state index >= 15 is 0 Å². The second-order valence-electron chi connectivity index (χ2n) is 4.87. The highest BCUT2D eigenvalue weighted by atomic mass is 16.4. The lowest BCUT2D eigenvalue weighted by molar-refractivity contribution is -0.137. The number of anilines is 1. The summed E-state index contributed by atoms with van der Waals surface area (Å²) in [5.74, 6) is -1.68. The van der Waals surface area contributed by atoms with Crippen molar-refractivity contribution in [1.29, 1.82) is 0 Å². The molecule has 1 atom stereocenters. The molecular weight excluding hydrogens is 274 g/mol. The van der Waals surface area contributed by atoms with Crippen LogP contribution in [-0.4, -0.2) is 40.9 Å². The van der Waals surface area contributed by atoms with Gasteiger partial charge in [-0.25, -0.2) is 0 Å². The first-order valence-electron chi connectivity index (χ1n) is 6.57. The zero-order valence-electron chi connectivity index (χ0n) is 11.6. The lowest BCUT2D eigenvalue weighted by Gasteiger charge is -2.25. The quantitative estimate of drug-likeness (QED) is 0.671. The molecule has 0 radical (unpaired) electrons. The molecule has 0 saturated heterocycles. The Balaban J connectivity index is 2.27. The summed E-state index contributed by atoms with van der Waals surface area (Å²) >= 11 is 0. The summed E-state index contributed by atoms with van der Waals surface area (Å²) in [6.45, 7) is 0.221. The maximum atomic E-state index is 12.4. The smallest absolute Gasteiger partial charge is 0.303 e. The van der Waals surface area contributed by atoms with Gasteiger partial charge in [0.1, 0.15) is 6.04 Å². The van der Waals surface area contributed by atoms with Crippen molar-refractivity contribution in [3.05, 3.63) is 29.3 Å². The Morgan fingerprint density at radius 1 is 1.48 bits per heavy atom. The Labute approximate surface area is 121 Å². The lowest BCUT2D eigenvalue weighted by Crippen LogP contribution is -2.46. The Morgan fingerprint density at radius 3 is 2.76 bits per heavy atom. The molecule has 7 heteroatoms. The topological polar surface area (TPSA) is 113 Å². The molecule has 7 nitrogen and oxygen atoms in total. The SMILES string of the molecule is CNC(=O)C(CCC(=O)O)N1Cc2c(N)cccc2C1=O. The summed E-state index contributed by atoms with van der Waals surface area (Å²) in [5, 5.41) is 11.3. The van der Waals surface area contributed by atoms with Crippen LogP contribution in [0.2, 0.25) is 0 Å². The van der Waals surface area contributed by atoms with Crippen LogP contribution in [0.1, 0.15) is 28.8 Å². The second kappa shape index (κ2) is 5.82. The standard InChI is InChI=1S/C14H17N3O4/c1-16-13(20)11(5-6-12(18)19)17-7-9-8(14(17)21)3-2-4-10(9)15/h2-4,11H,5-7,15H2,1H3,(H,16,20)(H,18,19). The molecule has 1 unspecified atom stereocenters. The first-order valence-corrected chi connectivity index (χ1v) is 6.57. The van der Waals surface area contributed by atoms with Crippen molar-refractivity contribution in [2.45, 2.75) is 25.4 Å². The van der Waals surface area contributed by atoms with Crippen molar-refractivity contribution < 1.29 is 19.5 Å². The zero-order valence-corrected chi connectivity index (χ0v) is 11.6. The van der Waals surface area contributed by atoms with Gasteiger partial charge in [-0.15, -0.1) is 0 Å². The van der Waals surface area contributed by atoms with Gasteiger partial charge < -0.3 is 21.1 Å². The number of fused-ring (bicyclic) bond motifs is 1. The molecule has 1 aliphatic rings. The molecular formula is C14H17N3O4. The monoisotopic (exact) mass is 291 g/mol. The molecule has 0 bridgehead atoms. The number of nitrogens with zero attached hydrogens (tertiary/aromatic N) is 1. The van der Waals surface area contributed by atoms with Crippen molar-refractivity contribution in [2.75, 3.05) is 12.8 Å². The van der Waals surface area contributed by atoms with Crippen molar-refractivity contribution >= 4 is 23.5 Å². The van der Waals surface area contributed by atoms with Crippen LogP contribution < -0.4 is 11.1 Å². The van der Waals surface area contributed by atoms with Crippen molar-refractivity contribution in [2.24, 2.45) is 0 Å². The summed E-state index contributed by atoms with van der Waals surface area (Å²) in [7, 11) is 1.46. The van der Waals surface area contributed by atoms with Gasteiger partial charge in [0.15, 0.2) is 0 Å². The summed E-state index contributed by atoms with van der Waals surface area (Å²) in [5.41, 5.74) is 7.51. The number of nitrogens with two attached hydrogens (primary N) is 1. The highest BCUT2D eigenvalue weighted by Crippen LogP contribution is 2.30. The number of hydrogen-bond acceptors (Lipinski definition) is 4. The van der Waals surface area contributed by atoms with Crippen LogP contribution in [0.15, 0.2) is 18.2 Å². The first kappa shape index (κ1) is 14.8. The Morgan fingerprint density at radius 2 is 2.19 bits per heavy atom. The van der Waals surface area contributed by atoms with E-state index in [2.05, 4.69) is 5.32 Å². The third-order valence-electron chi connectivity index (χ3n) is 3.59. The minimum Gasteiger partial charge on any atom is -0.481 e. The molecule has 1 heterocycles. The fraction of sp³-hybridized carbons (Fsp3) is 0.357. The molecule has 1 aromatic carbocycles. The molecule has 0 spiro atoms. The largest absolute Gasteiger partial charge is 0.481 e. The van der Waals surface area contributed by atoms with E-state index in [0.717, 1.165) is 0 Å². The van der Waals surface area contributed by atoms with E-state index in [1.807, 2.05) is 0 Å². The van der Waals surface area contributed by atoms with Crippen molar-refractivity contribution in [1.82, 2.24) is 10.2 Å². The Kier molecular flexibility index (Phi) is 4.11. The Bertz CT molecular complexity index is 600. The van der Waals surface area contributed by atoms with Crippen molar-refractivity contribution in [3.8, 4) is 0 Å². The average Bonchev–Trinajstić information content (AvgIpc) is 2.78. The van der Waals surface area contributed by atoms with Gasteiger partial charge in [-0.1, -0.05) is 6.07 Å². The number of nitrogen functional groups attached to an aromatic ring is 1. The number of carbonyl (C=O) groups excluding carboxylic acids is 2. The summed E-state index contributed by atoms with van der Waals surface area (Å²) in [6, 6.07) is 4.22. The minimum atomic E-state index is -1.01. The molecule has 2 amide bonds. The van der Waals surface area contributed by atoms with E-state index in [0.29, 0.717) is 16.8 Å². The van der Waals surface area contributed by atoms with Gasteiger partial charge in [-0.2, -0.15) is 0 Å². The molecule has 4 N–H and O–H groups in total. The number of likely N-dealkylation sites (N-methyl/N-ethyl adjacent to an activating group) is 1. The van der Waals surface area contributed by atoms with Gasteiger partial charge in [-0.3, -0.25) is 14.4 Å². The number of carboxylic acid groups (broad SMARTS) is 1. The van der Waals surface area contributed by atoms with Crippen LogP contribution in [-0.2, 0) is 16.1 Å². The Hall–Kier alpha value is -2.57. The van der Waals surface area contributed by atoms with E-state index in [4.69, 9.17) is 10.8 Å².